The summed E-state index contributed by atoms with van der Waals surface area (Å²) in [5.41, 5.74) is 5.45. The van der Waals surface area contributed by atoms with Gasteiger partial charge in [0, 0.05) is 59.5 Å². The summed E-state index contributed by atoms with van der Waals surface area (Å²) in [6.45, 7) is 19.0. The number of ether oxygens (including phenoxy) is 1. The van der Waals surface area contributed by atoms with Gasteiger partial charge in [-0.25, -0.2) is 9.19 Å². The van der Waals surface area contributed by atoms with Gasteiger partial charge in [-0.2, -0.15) is 0 Å². The number of carbonyl (C=O) groups is 2. The topological polar surface area (TPSA) is 161 Å². The van der Waals surface area contributed by atoms with Crippen molar-refractivity contribution in [2.24, 2.45) is 5.92 Å². The number of morpholine rings is 1. The van der Waals surface area contributed by atoms with Gasteiger partial charge in [-0.15, -0.1) is 11.3 Å². The van der Waals surface area contributed by atoms with Crippen LogP contribution in [0.15, 0.2) is 95.3 Å². The van der Waals surface area contributed by atoms with Gasteiger partial charge in [0.2, 0.25) is 0 Å². The second kappa shape index (κ2) is 24.5. The first-order valence-electron chi connectivity index (χ1n) is 19.3. The minimum atomic E-state index is -1.63. The first-order valence-corrected chi connectivity index (χ1v) is 21.3. The minimum Gasteiger partial charge on any atom is -0.373 e. The Kier molecular flexibility index (Phi) is 20.0. The molecular formula is C45H57N7O4S2. The predicted molar refractivity (Wildman–Crippen MR) is 240 cm³/mol. The van der Waals surface area contributed by atoms with Crippen LogP contribution in [-0.4, -0.2) is 69.5 Å². The van der Waals surface area contributed by atoms with E-state index in [0.29, 0.717) is 50.8 Å². The van der Waals surface area contributed by atoms with Gasteiger partial charge < -0.3 is 30.4 Å². The molecule has 1 amide bonds. The number of hydrogen-bond donors (Lipinski definition) is 4. The van der Waals surface area contributed by atoms with Crippen molar-refractivity contribution in [3.8, 4) is 11.1 Å². The Morgan fingerprint density at radius 3 is 2.09 bits per heavy atom. The van der Waals surface area contributed by atoms with Gasteiger partial charge in [0.1, 0.15) is 28.5 Å². The van der Waals surface area contributed by atoms with E-state index >= 15 is 0 Å². The lowest BCUT2D eigenvalue weighted by Gasteiger charge is -2.34. The second-order valence-corrected chi connectivity index (χ2v) is 16.1. The molecule has 4 N–H and O–H groups in total. The molecule has 308 valence electrons. The number of benzene rings is 3. The van der Waals surface area contributed by atoms with Crippen LogP contribution in [0.3, 0.4) is 0 Å². The highest BCUT2D eigenvalue weighted by molar-refractivity contribution is 7.86. The van der Waals surface area contributed by atoms with E-state index in [9.17, 15) is 9.00 Å². The second-order valence-electron chi connectivity index (χ2n) is 14.0. The van der Waals surface area contributed by atoms with Crippen LogP contribution >= 0.6 is 11.3 Å². The maximum Gasteiger partial charge on any atom is 0.275 e. The zero-order valence-electron chi connectivity index (χ0n) is 34.6. The maximum absolute atomic E-state index is 13.4. The molecule has 1 aliphatic rings. The number of aryl methyl sites for hydroxylation is 2. The number of anilines is 2. The highest BCUT2D eigenvalue weighted by atomic mass is 32.2. The van der Waals surface area contributed by atoms with E-state index in [1.54, 1.807) is 48.0 Å². The van der Waals surface area contributed by atoms with Crippen molar-refractivity contribution in [3.63, 3.8) is 0 Å². The van der Waals surface area contributed by atoms with Crippen molar-refractivity contribution < 1.29 is 18.5 Å². The van der Waals surface area contributed by atoms with Crippen molar-refractivity contribution in [1.82, 2.24) is 14.9 Å². The Labute approximate surface area is 350 Å². The lowest BCUT2D eigenvalue weighted by atomic mass is 10.00. The third kappa shape index (κ3) is 14.6. The van der Waals surface area contributed by atoms with Crippen LogP contribution in [0.4, 0.5) is 11.4 Å². The lowest BCUT2D eigenvalue weighted by Crippen LogP contribution is -2.44. The van der Waals surface area contributed by atoms with Crippen LogP contribution in [0.5, 0.6) is 0 Å². The van der Waals surface area contributed by atoms with Gasteiger partial charge in [-0.3, -0.25) is 14.7 Å². The largest absolute Gasteiger partial charge is 0.373 e. The molecule has 3 atom stereocenters. The molecule has 13 heteroatoms. The molecule has 1 unspecified atom stereocenters. The monoisotopic (exact) mass is 823 g/mol. The Balaban J connectivity index is 0.000000508. The van der Waals surface area contributed by atoms with Crippen LogP contribution in [0.1, 0.15) is 85.3 Å². The van der Waals surface area contributed by atoms with Crippen LogP contribution in [0, 0.1) is 30.6 Å². The Morgan fingerprint density at radius 1 is 0.948 bits per heavy atom. The molecular weight excluding hydrogens is 767 g/mol. The van der Waals surface area contributed by atoms with E-state index < -0.39 is 16.9 Å². The van der Waals surface area contributed by atoms with Crippen molar-refractivity contribution in [1.29, 1.82) is 10.8 Å². The molecule has 5 aromatic rings. The fraction of sp³-hybridized carbons (Fsp3) is 0.333. The Bertz CT molecular complexity index is 2060. The summed E-state index contributed by atoms with van der Waals surface area (Å²) in [6.07, 6.45) is 6.97. The first-order chi connectivity index (χ1) is 27.9. The quantitative estimate of drug-likeness (QED) is 0.0911. The number of amides is 1. The molecule has 0 spiro atoms. The number of hydrogen-bond acceptors (Lipinski definition) is 10. The van der Waals surface area contributed by atoms with Gasteiger partial charge in [0.25, 0.3) is 5.91 Å². The molecule has 1 saturated heterocycles. The molecule has 1 fully saturated rings. The van der Waals surface area contributed by atoms with E-state index in [0.717, 1.165) is 30.2 Å². The smallest absolute Gasteiger partial charge is 0.275 e. The van der Waals surface area contributed by atoms with Crippen molar-refractivity contribution in [2.45, 2.75) is 85.0 Å². The van der Waals surface area contributed by atoms with E-state index in [1.165, 1.54) is 36.0 Å². The molecule has 2 aromatic heterocycles. The van der Waals surface area contributed by atoms with Gasteiger partial charge >= 0.3 is 0 Å². The van der Waals surface area contributed by atoms with E-state index in [4.69, 9.17) is 20.3 Å². The van der Waals surface area contributed by atoms with E-state index in [-0.39, 0.29) is 17.9 Å². The van der Waals surface area contributed by atoms with Crippen molar-refractivity contribution in [3.05, 3.63) is 124 Å². The summed E-state index contributed by atoms with van der Waals surface area (Å²) in [7, 11) is -1.63. The van der Waals surface area contributed by atoms with E-state index in [1.807, 2.05) is 44.0 Å². The fourth-order valence-corrected chi connectivity index (χ4v) is 7.53. The first kappa shape index (κ1) is 47.2. The SMILES string of the molecule is C=O.CCC(C)CC.Cc1ccccc1.Cc1ncc(-c2cc(NC(=O)c3csc(CN4C[C@@H](C)O[C@@H](C)C4)n3)c(C=N)c(NS(=O)c3ccccc3)c2)cc1C=N. The van der Waals surface area contributed by atoms with Crippen molar-refractivity contribution in [2.75, 3.05) is 23.1 Å². The third-order valence-corrected chi connectivity index (χ3v) is 11.3. The van der Waals surface area contributed by atoms with Crippen LogP contribution in [0.2, 0.25) is 0 Å². The zero-order valence-corrected chi connectivity index (χ0v) is 36.2. The molecule has 0 radical (unpaired) electrons. The molecule has 0 saturated carbocycles. The Morgan fingerprint density at radius 2 is 1.55 bits per heavy atom. The standard InChI is InChI=1S/C31H33N7O3S2.C7H8.C6H14.CH2O/c1-19-15-38(16-20(2)41-19)17-30-35-29(18-42-30)31(39)36-27-10-22(24-9-23(12-32)21(3)34-14-24)11-28(26(27)13-33)37-43(40)25-7-5-4-6-8-25;1-7-5-3-2-4-6-7;1-4-6(3)5-2;1-2/h4-14,18-20,32-33,37H,15-17H2,1-3H3,(H,36,39);2-6H,1H3;6H,4-5H2,1-3H3;1H2/t19-,20+,43?;;;. The van der Waals surface area contributed by atoms with Crippen LogP contribution in [-0.2, 0) is 27.1 Å². The predicted octanol–water partition coefficient (Wildman–Crippen LogP) is 9.76. The van der Waals surface area contributed by atoms with Gasteiger partial charge in [0.05, 0.1) is 35.0 Å². The fourth-order valence-electron chi connectivity index (χ4n) is 5.82. The lowest BCUT2D eigenvalue weighted by molar-refractivity contribution is -0.0980. The minimum absolute atomic E-state index is 0.135. The molecule has 1 aliphatic heterocycles. The van der Waals surface area contributed by atoms with Crippen LogP contribution < -0.4 is 10.0 Å². The van der Waals surface area contributed by atoms with E-state index in [2.05, 4.69) is 78.6 Å². The Hall–Kier alpha value is -5.21. The summed E-state index contributed by atoms with van der Waals surface area (Å²) in [5, 5.41) is 21.4. The van der Waals surface area contributed by atoms with Crippen LogP contribution in [0.25, 0.3) is 11.1 Å². The number of carbonyl (C=O) groups excluding carboxylic acids is 2. The normalized spacial score (nSPS) is 15.2. The number of nitrogens with one attached hydrogen (secondary N) is 4. The maximum atomic E-state index is 13.4. The summed E-state index contributed by atoms with van der Waals surface area (Å²) >= 11 is 1.43. The molecule has 0 aliphatic carbocycles. The molecule has 3 aromatic carbocycles. The molecule has 6 rings (SSSR count). The average Bonchev–Trinajstić information content (AvgIpc) is 3.70. The molecule has 3 heterocycles. The number of rotatable bonds is 12. The summed E-state index contributed by atoms with van der Waals surface area (Å²) in [4.78, 5) is 33.3. The highest BCUT2D eigenvalue weighted by Gasteiger charge is 2.24. The molecule has 0 bridgehead atoms. The van der Waals surface area contributed by atoms with Gasteiger partial charge in [0.15, 0.2) is 0 Å². The summed E-state index contributed by atoms with van der Waals surface area (Å²) < 4.78 is 22.0. The number of aromatic nitrogens is 2. The molecule has 58 heavy (non-hydrogen) atoms. The highest BCUT2D eigenvalue weighted by Crippen LogP contribution is 2.33. The zero-order chi connectivity index (χ0) is 42.6. The summed E-state index contributed by atoms with van der Waals surface area (Å²) in [5.74, 6) is 0.522. The van der Waals surface area contributed by atoms with Gasteiger partial charge in [-0.1, -0.05) is 87.7 Å². The number of pyridine rings is 1. The van der Waals surface area contributed by atoms with Crippen molar-refractivity contribution >= 4 is 58.8 Å². The number of thiazole rings is 1. The third-order valence-electron chi connectivity index (χ3n) is 9.32. The summed E-state index contributed by atoms with van der Waals surface area (Å²) in [6, 6.07) is 24.5. The molecule has 11 nitrogen and oxygen atoms in total. The number of nitrogens with zero attached hydrogens (tertiary/aromatic N) is 3. The van der Waals surface area contributed by atoms with Gasteiger partial charge in [-0.05, 0) is 69.5 Å². The average molecular weight is 824 g/mol.